The lowest BCUT2D eigenvalue weighted by Crippen LogP contribution is -2.15. The first kappa shape index (κ1) is 14.2. The van der Waals surface area contributed by atoms with Gasteiger partial charge in [0.1, 0.15) is 11.5 Å². The summed E-state index contributed by atoms with van der Waals surface area (Å²) in [6.45, 7) is 0. The van der Waals surface area contributed by atoms with E-state index in [0.29, 0.717) is 6.07 Å². The van der Waals surface area contributed by atoms with Crippen LogP contribution in [0.1, 0.15) is 10.5 Å². The molecule has 0 bridgehead atoms. The summed E-state index contributed by atoms with van der Waals surface area (Å²) < 4.78 is 26.4. The Hall–Kier alpha value is -2.21. The molecule has 0 aliphatic rings. The van der Waals surface area contributed by atoms with Crippen LogP contribution < -0.4 is 10.6 Å². The molecular formula is C13H10ClF2N3O. The number of benzene rings is 1. The zero-order chi connectivity index (χ0) is 14.7. The Kier molecular flexibility index (Phi) is 4.14. The third-order valence-electron chi connectivity index (χ3n) is 2.53. The summed E-state index contributed by atoms with van der Waals surface area (Å²) in [4.78, 5) is 15.8. The fourth-order valence-corrected chi connectivity index (χ4v) is 1.76. The molecule has 2 N–H and O–H groups in total. The third kappa shape index (κ3) is 3.03. The van der Waals surface area contributed by atoms with Gasteiger partial charge < -0.3 is 10.6 Å². The van der Waals surface area contributed by atoms with Crippen LogP contribution >= 0.6 is 11.6 Å². The highest BCUT2D eigenvalue weighted by molar-refractivity contribution is 6.33. The van der Waals surface area contributed by atoms with Crippen LogP contribution in [0.4, 0.5) is 20.2 Å². The summed E-state index contributed by atoms with van der Waals surface area (Å²) in [6.07, 6.45) is 1.46. The second-order valence-electron chi connectivity index (χ2n) is 3.88. The molecule has 4 nitrogen and oxygen atoms in total. The quantitative estimate of drug-likeness (QED) is 0.914. The molecule has 104 valence electrons. The molecular weight excluding hydrogens is 288 g/mol. The number of hydrogen-bond acceptors (Lipinski definition) is 3. The van der Waals surface area contributed by atoms with E-state index in [1.54, 1.807) is 13.1 Å². The molecule has 0 saturated carbocycles. The van der Waals surface area contributed by atoms with Crippen molar-refractivity contribution < 1.29 is 13.6 Å². The Bertz CT molecular complexity index is 624. The first-order valence-electron chi connectivity index (χ1n) is 5.61. The summed E-state index contributed by atoms with van der Waals surface area (Å²) in [5.74, 6) is -2.41. The Morgan fingerprint density at radius 3 is 2.60 bits per heavy atom. The first-order valence-corrected chi connectivity index (χ1v) is 5.98. The zero-order valence-electron chi connectivity index (χ0n) is 10.4. The average molecular weight is 298 g/mol. The summed E-state index contributed by atoms with van der Waals surface area (Å²) in [6, 6.07) is 4.66. The molecule has 0 saturated heterocycles. The molecule has 1 heterocycles. The number of amides is 1. The highest BCUT2D eigenvalue weighted by Gasteiger charge is 2.15. The Morgan fingerprint density at radius 2 is 2.05 bits per heavy atom. The lowest BCUT2D eigenvalue weighted by atomic mass is 10.2. The Labute approximate surface area is 118 Å². The van der Waals surface area contributed by atoms with Crippen molar-refractivity contribution in [1.82, 2.24) is 4.98 Å². The molecule has 0 spiro atoms. The second kappa shape index (κ2) is 5.83. The maximum absolute atomic E-state index is 13.5. The molecule has 0 unspecified atom stereocenters. The van der Waals surface area contributed by atoms with Crippen molar-refractivity contribution in [2.24, 2.45) is 0 Å². The van der Waals surface area contributed by atoms with Crippen molar-refractivity contribution in [3.05, 3.63) is 52.8 Å². The monoisotopic (exact) mass is 297 g/mol. The number of carbonyl (C=O) groups excluding carboxylic acids is 1. The van der Waals surface area contributed by atoms with Crippen LogP contribution in [-0.2, 0) is 0 Å². The van der Waals surface area contributed by atoms with E-state index in [1.165, 1.54) is 12.3 Å². The molecule has 0 aliphatic carbocycles. The van der Waals surface area contributed by atoms with Gasteiger partial charge in [-0.05, 0) is 18.2 Å². The maximum atomic E-state index is 13.5. The minimum absolute atomic E-state index is 0.0868. The largest absolute Gasteiger partial charge is 0.387 e. The fourth-order valence-electron chi connectivity index (χ4n) is 1.52. The molecule has 7 heteroatoms. The predicted octanol–water partition coefficient (Wildman–Crippen LogP) is 3.31. The van der Waals surface area contributed by atoms with Crippen LogP contribution in [0.5, 0.6) is 0 Å². The number of anilines is 2. The van der Waals surface area contributed by atoms with Gasteiger partial charge in [-0.2, -0.15) is 0 Å². The van der Waals surface area contributed by atoms with Crippen LogP contribution in [0.25, 0.3) is 0 Å². The number of nitrogens with zero attached hydrogens (tertiary/aromatic N) is 1. The van der Waals surface area contributed by atoms with Gasteiger partial charge in [0.15, 0.2) is 5.82 Å². The Balaban J connectivity index is 2.23. The van der Waals surface area contributed by atoms with E-state index < -0.39 is 17.5 Å². The van der Waals surface area contributed by atoms with Crippen molar-refractivity contribution in [1.29, 1.82) is 0 Å². The molecule has 1 amide bonds. The molecule has 1 aromatic carbocycles. The molecule has 1 aromatic heterocycles. The molecule has 2 rings (SSSR count). The van der Waals surface area contributed by atoms with Gasteiger partial charge in [0, 0.05) is 13.1 Å². The van der Waals surface area contributed by atoms with E-state index in [0.717, 1.165) is 11.8 Å². The number of aromatic nitrogens is 1. The molecule has 0 atom stereocenters. The van der Waals surface area contributed by atoms with E-state index in [-0.39, 0.29) is 16.4 Å². The van der Waals surface area contributed by atoms with E-state index in [2.05, 4.69) is 15.6 Å². The van der Waals surface area contributed by atoms with Crippen molar-refractivity contribution in [3.63, 3.8) is 0 Å². The van der Waals surface area contributed by atoms with Crippen molar-refractivity contribution in [2.45, 2.75) is 0 Å². The number of nitrogens with one attached hydrogen (secondary N) is 2. The lowest BCUT2D eigenvalue weighted by molar-refractivity contribution is 0.102. The van der Waals surface area contributed by atoms with Gasteiger partial charge >= 0.3 is 0 Å². The first-order chi connectivity index (χ1) is 9.51. The van der Waals surface area contributed by atoms with Crippen LogP contribution in [0.2, 0.25) is 5.02 Å². The summed E-state index contributed by atoms with van der Waals surface area (Å²) in [7, 11) is 1.71. The van der Waals surface area contributed by atoms with Crippen LogP contribution in [0.15, 0.2) is 30.5 Å². The smallest absolute Gasteiger partial charge is 0.274 e. The SMILES string of the molecule is CNc1ccc(C(=O)Nc2c(F)cc(F)cc2Cl)nc1. The average Bonchev–Trinajstić information content (AvgIpc) is 2.42. The molecule has 2 aromatic rings. The highest BCUT2D eigenvalue weighted by atomic mass is 35.5. The predicted molar refractivity (Wildman–Crippen MR) is 73.1 cm³/mol. The molecule has 0 aliphatic heterocycles. The zero-order valence-corrected chi connectivity index (χ0v) is 11.1. The summed E-state index contributed by atoms with van der Waals surface area (Å²) in [5, 5.41) is 4.89. The van der Waals surface area contributed by atoms with Gasteiger partial charge in [0.25, 0.3) is 5.91 Å². The van der Waals surface area contributed by atoms with Gasteiger partial charge in [0.05, 0.1) is 22.6 Å². The highest BCUT2D eigenvalue weighted by Crippen LogP contribution is 2.26. The van der Waals surface area contributed by atoms with E-state index >= 15 is 0 Å². The summed E-state index contributed by atoms with van der Waals surface area (Å²) in [5.41, 5.74) is 0.536. The van der Waals surface area contributed by atoms with Gasteiger partial charge in [-0.25, -0.2) is 13.8 Å². The number of carbonyl (C=O) groups is 1. The van der Waals surface area contributed by atoms with Crippen molar-refractivity contribution in [2.75, 3.05) is 17.7 Å². The van der Waals surface area contributed by atoms with Gasteiger partial charge in [-0.15, -0.1) is 0 Å². The van der Waals surface area contributed by atoms with Gasteiger partial charge in [-0.3, -0.25) is 4.79 Å². The number of pyridine rings is 1. The molecule has 0 fully saturated rings. The van der Waals surface area contributed by atoms with Crippen molar-refractivity contribution in [3.8, 4) is 0 Å². The van der Waals surface area contributed by atoms with Gasteiger partial charge in [-0.1, -0.05) is 11.6 Å². The molecule has 0 radical (unpaired) electrons. The normalized spacial score (nSPS) is 10.2. The van der Waals surface area contributed by atoms with Gasteiger partial charge in [0.2, 0.25) is 0 Å². The van der Waals surface area contributed by atoms with E-state index in [1.807, 2.05) is 0 Å². The van der Waals surface area contributed by atoms with E-state index in [4.69, 9.17) is 11.6 Å². The minimum Gasteiger partial charge on any atom is -0.387 e. The maximum Gasteiger partial charge on any atom is 0.274 e. The standard InChI is InChI=1S/C13H10ClF2N3O/c1-17-8-2-3-11(18-6-8)13(20)19-12-9(14)4-7(15)5-10(12)16/h2-6,17H,1H3,(H,19,20). The fraction of sp³-hybridized carbons (Fsp3) is 0.0769. The number of rotatable bonds is 3. The van der Waals surface area contributed by atoms with Crippen LogP contribution in [0, 0.1) is 11.6 Å². The van der Waals surface area contributed by atoms with Crippen LogP contribution in [0.3, 0.4) is 0 Å². The summed E-state index contributed by atoms with van der Waals surface area (Å²) >= 11 is 5.69. The topological polar surface area (TPSA) is 54.0 Å². The Morgan fingerprint density at radius 1 is 1.30 bits per heavy atom. The lowest BCUT2D eigenvalue weighted by Gasteiger charge is -2.08. The van der Waals surface area contributed by atoms with Crippen LogP contribution in [-0.4, -0.2) is 17.9 Å². The molecule has 20 heavy (non-hydrogen) atoms. The van der Waals surface area contributed by atoms with E-state index in [9.17, 15) is 13.6 Å². The third-order valence-corrected chi connectivity index (χ3v) is 2.83. The second-order valence-corrected chi connectivity index (χ2v) is 4.29. The number of hydrogen-bond donors (Lipinski definition) is 2. The van der Waals surface area contributed by atoms with Crippen molar-refractivity contribution >= 4 is 28.9 Å². The minimum atomic E-state index is -0.949. The number of halogens is 3.